The highest BCUT2D eigenvalue weighted by molar-refractivity contribution is 9.10. The number of hydrogen-bond donors (Lipinski definition) is 2. The van der Waals surface area contributed by atoms with E-state index in [9.17, 15) is 4.79 Å². The summed E-state index contributed by atoms with van der Waals surface area (Å²) in [5.74, 6) is 0.301. The molecule has 1 amide bonds. The highest BCUT2D eigenvalue weighted by atomic mass is 79.9. The van der Waals surface area contributed by atoms with Gasteiger partial charge in [0.2, 0.25) is 0 Å². The van der Waals surface area contributed by atoms with Gasteiger partial charge in [-0.2, -0.15) is 0 Å². The van der Waals surface area contributed by atoms with Crippen LogP contribution in [0.15, 0.2) is 47.7 Å². The number of aryl methyl sites for hydroxylation is 1. The number of carbonyl (C=O) groups is 1. The van der Waals surface area contributed by atoms with E-state index in [1.807, 2.05) is 25.1 Å². The van der Waals surface area contributed by atoms with Crippen LogP contribution < -0.4 is 10.6 Å². The molecule has 0 aliphatic heterocycles. The topological polar surface area (TPSA) is 66.9 Å². The minimum absolute atomic E-state index is 0.283. The zero-order valence-corrected chi connectivity index (χ0v) is 13.1. The fourth-order valence-corrected chi connectivity index (χ4v) is 2.00. The number of hydrogen-bond acceptors (Lipinski definition) is 4. The average molecular weight is 347 g/mol. The molecule has 0 bridgehead atoms. The number of nitrogens with one attached hydrogen (secondary N) is 2. The number of halogens is 1. The summed E-state index contributed by atoms with van der Waals surface area (Å²) in [6, 6.07) is 7.22. The van der Waals surface area contributed by atoms with Crippen LogP contribution in [-0.4, -0.2) is 22.4 Å². The standard InChI is InChI=1S/C15H15BrN4O/c1-3-6-17-14-8-13(18-9-19-14)15(21)20-11-5-4-10(2)12(16)7-11/h3-5,7-9H,1,6H2,2H3,(H,20,21)(H,17,18,19). The lowest BCUT2D eigenvalue weighted by Crippen LogP contribution is -2.14. The second kappa shape index (κ2) is 6.99. The van der Waals surface area contributed by atoms with Crippen LogP contribution in [-0.2, 0) is 0 Å². The Balaban J connectivity index is 2.12. The average Bonchev–Trinajstić information content (AvgIpc) is 2.49. The maximum atomic E-state index is 12.2. The minimum Gasteiger partial charge on any atom is -0.366 e. The Morgan fingerprint density at radius 1 is 1.38 bits per heavy atom. The molecule has 21 heavy (non-hydrogen) atoms. The molecule has 0 atom stereocenters. The summed E-state index contributed by atoms with van der Waals surface area (Å²) in [4.78, 5) is 20.2. The predicted molar refractivity (Wildman–Crippen MR) is 87.6 cm³/mol. The van der Waals surface area contributed by atoms with E-state index >= 15 is 0 Å². The summed E-state index contributed by atoms with van der Waals surface area (Å²) in [5, 5.41) is 5.82. The summed E-state index contributed by atoms with van der Waals surface area (Å²) in [7, 11) is 0. The molecule has 1 aromatic heterocycles. The monoisotopic (exact) mass is 346 g/mol. The third kappa shape index (κ3) is 4.13. The maximum Gasteiger partial charge on any atom is 0.274 e. The molecule has 2 N–H and O–H groups in total. The molecule has 0 saturated carbocycles. The number of rotatable bonds is 5. The first-order chi connectivity index (χ1) is 10.1. The molecule has 6 heteroatoms. The SMILES string of the molecule is C=CCNc1cc(C(=O)Nc2ccc(C)c(Br)c2)ncn1. The molecule has 2 rings (SSSR count). The van der Waals surface area contributed by atoms with Crippen LogP contribution >= 0.6 is 15.9 Å². The van der Waals surface area contributed by atoms with Crippen LogP contribution in [0, 0.1) is 6.92 Å². The largest absolute Gasteiger partial charge is 0.366 e. The van der Waals surface area contributed by atoms with Crippen molar-refractivity contribution in [1.82, 2.24) is 9.97 Å². The third-order valence-corrected chi connectivity index (χ3v) is 3.61. The molecule has 0 saturated heterocycles. The first-order valence-electron chi connectivity index (χ1n) is 6.34. The van der Waals surface area contributed by atoms with Crippen molar-refractivity contribution in [1.29, 1.82) is 0 Å². The van der Waals surface area contributed by atoms with Gasteiger partial charge in [0.25, 0.3) is 5.91 Å². The van der Waals surface area contributed by atoms with Gasteiger partial charge < -0.3 is 10.6 Å². The fourth-order valence-electron chi connectivity index (χ4n) is 1.62. The Hall–Kier alpha value is -2.21. The second-order valence-electron chi connectivity index (χ2n) is 4.38. The normalized spacial score (nSPS) is 10.0. The number of benzene rings is 1. The van der Waals surface area contributed by atoms with E-state index in [2.05, 4.69) is 43.1 Å². The zero-order chi connectivity index (χ0) is 15.2. The molecule has 0 spiro atoms. The lowest BCUT2D eigenvalue weighted by molar-refractivity contribution is 0.102. The van der Waals surface area contributed by atoms with Gasteiger partial charge in [-0.3, -0.25) is 4.79 Å². The van der Waals surface area contributed by atoms with E-state index in [1.165, 1.54) is 6.33 Å². The van der Waals surface area contributed by atoms with Gasteiger partial charge in [0.05, 0.1) is 0 Å². The Morgan fingerprint density at radius 3 is 2.90 bits per heavy atom. The number of aromatic nitrogens is 2. The van der Waals surface area contributed by atoms with Crippen LogP contribution in [0.4, 0.5) is 11.5 Å². The Labute approximate surface area is 131 Å². The second-order valence-corrected chi connectivity index (χ2v) is 5.23. The highest BCUT2D eigenvalue weighted by Gasteiger charge is 2.09. The molecule has 2 aromatic rings. The van der Waals surface area contributed by atoms with E-state index in [4.69, 9.17) is 0 Å². The van der Waals surface area contributed by atoms with Crippen molar-refractivity contribution >= 4 is 33.3 Å². The van der Waals surface area contributed by atoms with E-state index in [1.54, 1.807) is 12.1 Å². The van der Waals surface area contributed by atoms with E-state index < -0.39 is 0 Å². The molecule has 108 valence electrons. The molecule has 0 aliphatic carbocycles. The molecule has 1 heterocycles. The summed E-state index contributed by atoms with van der Waals surface area (Å²) in [5.41, 5.74) is 2.11. The summed E-state index contributed by atoms with van der Waals surface area (Å²) < 4.78 is 0.941. The van der Waals surface area contributed by atoms with Crippen LogP contribution in [0.3, 0.4) is 0 Å². The Bertz CT molecular complexity index is 672. The molecule has 0 radical (unpaired) electrons. The van der Waals surface area contributed by atoms with Gasteiger partial charge >= 0.3 is 0 Å². The van der Waals surface area contributed by atoms with Crippen molar-refractivity contribution in [2.24, 2.45) is 0 Å². The zero-order valence-electron chi connectivity index (χ0n) is 11.6. The highest BCUT2D eigenvalue weighted by Crippen LogP contribution is 2.21. The maximum absolute atomic E-state index is 12.2. The van der Waals surface area contributed by atoms with Gasteiger partial charge in [-0.15, -0.1) is 6.58 Å². The van der Waals surface area contributed by atoms with Gasteiger partial charge in [0.15, 0.2) is 0 Å². The van der Waals surface area contributed by atoms with Gasteiger partial charge in [-0.05, 0) is 24.6 Å². The summed E-state index contributed by atoms with van der Waals surface area (Å²) >= 11 is 3.44. The lowest BCUT2D eigenvalue weighted by Gasteiger charge is -2.07. The lowest BCUT2D eigenvalue weighted by atomic mass is 10.2. The van der Waals surface area contributed by atoms with Crippen molar-refractivity contribution in [3.63, 3.8) is 0 Å². The fraction of sp³-hybridized carbons (Fsp3) is 0.133. The van der Waals surface area contributed by atoms with Crippen molar-refractivity contribution in [3.05, 3.63) is 59.0 Å². The Morgan fingerprint density at radius 2 is 2.19 bits per heavy atom. The number of nitrogens with zero attached hydrogens (tertiary/aromatic N) is 2. The molecule has 0 unspecified atom stereocenters. The molecule has 0 aliphatic rings. The van der Waals surface area contributed by atoms with Crippen LogP contribution in [0.1, 0.15) is 16.1 Å². The van der Waals surface area contributed by atoms with Crippen molar-refractivity contribution in [2.75, 3.05) is 17.2 Å². The quantitative estimate of drug-likeness (QED) is 0.814. The van der Waals surface area contributed by atoms with Crippen LogP contribution in [0.2, 0.25) is 0 Å². The van der Waals surface area contributed by atoms with Gasteiger partial charge in [0, 0.05) is 22.8 Å². The van der Waals surface area contributed by atoms with Crippen molar-refractivity contribution < 1.29 is 4.79 Å². The molecular formula is C15H15BrN4O. The number of amides is 1. The van der Waals surface area contributed by atoms with Crippen molar-refractivity contribution in [2.45, 2.75) is 6.92 Å². The van der Waals surface area contributed by atoms with Crippen molar-refractivity contribution in [3.8, 4) is 0 Å². The Kier molecular flexibility index (Phi) is 5.05. The first kappa shape index (κ1) is 15.2. The molecular weight excluding hydrogens is 332 g/mol. The third-order valence-electron chi connectivity index (χ3n) is 2.76. The van der Waals surface area contributed by atoms with E-state index in [0.717, 1.165) is 10.0 Å². The van der Waals surface area contributed by atoms with Gasteiger partial charge in [-0.25, -0.2) is 9.97 Å². The summed E-state index contributed by atoms with van der Waals surface area (Å²) in [6.45, 7) is 6.17. The van der Waals surface area contributed by atoms with E-state index in [-0.39, 0.29) is 5.91 Å². The molecule has 5 nitrogen and oxygen atoms in total. The molecule has 0 fully saturated rings. The predicted octanol–water partition coefficient (Wildman–Crippen LogP) is 3.40. The number of carbonyl (C=O) groups excluding carboxylic acids is 1. The van der Waals surface area contributed by atoms with Crippen LogP contribution in [0.25, 0.3) is 0 Å². The van der Waals surface area contributed by atoms with E-state index in [0.29, 0.717) is 23.7 Å². The smallest absolute Gasteiger partial charge is 0.274 e. The van der Waals surface area contributed by atoms with Gasteiger partial charge in [0.1, 0.15) is 17.8 Å². The number of anilines is 2. The first-order valence-corrected chi connectivity index (χ1v) is 7.14. The van der Waals surface area contributed by atoms with Gasteiger partial charge in [-0.1, -0.05) is 28.1 Å². The van der Waals surface area contributed by atoms with Crippen LogP contribution in [0.5, 0.6) is 0 Å². The minimum atomic E-state index is -0.283. The summed E-state index contributed by atoms with van der Waals surface area (Å²) in [6.07, 6.45) is 3.07. The molecule has 1 aromatic carbocycles.